The zero-order valence-electron chi connectivity index (χ0n) is 15.2. The van der Waals surface area contributed by atoms with E-state index in [1.54, 1.807) is 0 Å². The topological polar surface area (TPSA) is 60.9 Å². The number of carboxylic acid groups (broad SMARTS) is 1. The molecule has 1 amide bonds. The summed E-state index contributed by atoms with van der Waals surface area (Å²) in [6, 6.07) is 5.47. The number of rotatable bonds is 5. The van der Waals surface area contributed by atoms with Gasteiger partial charge in [0, 0.05) is 19.5 Å². The normalized spacial score (nSPS) is 20.9. The standard InChI is InChI=1S/C20H28N2O3/c1-14-10-15(2)12-17(11-14)19(20(24)25)21-8-5-16(6-9-21)13-22-7-3-4-18(22)23/h10-12,16,19H,3-9,13H2,1-2H3,(H,24,25). The van der Waals surface area contributed by atoms with Crippen LogP contribution < -0.4 is 0 Å². The Hall–Kier alpha value is -1.88. The second-order valence-electron chi connectivity index (χ2n) is 7.58. The highest BCUT2D eigenvalue weighted by atomic mass is 16.4. The molecule has 1 aromatic rings. The minimum atomic E-state index is -0.779. The molecule has 2 heterocycles. The molecule has 5 nitrogen and oxygen atoms in total. The van der Waals surface area contributed by atoms with E-state index in [1.165, 1.54) is 0 Å². The second kappa shape index (κ2) is 7.56. The zero-order chi connectivity index (χ0) is 18.0. The number of carbonyl (C=O) groups excluding carboxylic acids is 1. The van der Waals surface area contributed by atoms with Gasteiger partial charge in [-0.3, -0.25) is 14.5 Å². The van der Waals surface area contributed by atoms with Crippen molar-refractivity contribution in [3.63, 3.8) is 0 Å². The third-order valence-corrected chi connectivity index (χ3v) is 5.46. The highest BCUT2D eigenvalue weighted by Gasteiger charge is 2.32. The lowest BCUT2D eigenvalue weighted by atomic mass is 9.93. The third kappa shape index (κ3) is 4.21. The van der Waals surface area contributed by atoms with Gasteiger partial charge in [0.2, 0.25) is 5.91 Å². The van der Waals surface area contributed by atoms with Crippen LogP contribution in [-0.4, -0.2) is 53.0 Å². The number of hydrogen-bond donors (Lipinski definition) is 1. The van der Waals surface area contributed by atoms with Crippen LogP contribution in [0.2, 0.25) is 0 Å². The summed E-state index contributed by atoms with van der Waals surface area (Å²) in [6.07, 6.45) is 3.58. The highest BCUT2D eigenvalue weighted by molar-refractivity contribution is 5.78. The number of aliphatic carboxylic acids is 1. The van der Waals surface area contributed by atoms with Crippen molar-refractivity contribution in [3.8, 4) is 0 Å². The van der Waals surface area contributed by atoms with E-state index in [2.05, 4.69) is 11.0 Å². The van der Waals surface area contributed by atoms with Crippen molar-refractivity contribution in [3.05, 3.63) is 34.9 Å². The first kappa shape index (κ1) is 17.9. The molecule has 1 N–H and O–H groups in total. The maximum atomic E-state index is 11.9. The van der Waals surface area contributed by atoms with E-state index in [4.69, 9.17) is 0 Å². The van der Waals surface area contributed by atoms with Crippen LogP contribution in [0.3, 0.4) is 0 Å². The Balaban J connectivity index is 1.64. The van der Waals surface area contributed by atoms with Gasteiger partial charge in [-0.25, -0.2) is 0 Å². The largest absolute Gasteiger partial charge is 0.480 e. The van der Waals surface area contributed by atoms with Crippen molar-refractivity contribution in [2.75, 3.05) is 26.2 Å². The van der Waals surface area contributed by atoms with Gasteiger partial charge in [0.25, 0.3) is 0 Å². The number of carbonyl (C=O) groups is 2. The number of hydrogen-bond acceptors (Lipinski definition) is 3. The number of likely N-dealkylation sites (tertiary alicyclic amines) is 2. The van der Waals surface area contributed by atoms with Crippen molar-refractivity contribution in [2.24, 2.45) is 5.92 Å². The van der Waals surface area contributed by atoms with E-state index in [0.29, 0.717) is 12.3 Å². The molecule has 1 unspecified atom stereocenters. The lowest BCUT2D eigenvalue weighted by Crippen LogP contribution is -2.42. The van der Waals surface area contributed by atoms with Crippen molar-refractivity contribution in [1.29, 1.82) is 0 Å². The van der Waals surface area contributed by atoms with E-state index in [-0.39, 0.29) is 5.91 Å². The average Bonchev–Trinajstić information content (AvgIpc) is 2.93. The molecule has 25 heavy (non-hydrogen) atoms. The summed E-state index contributed by atoms with van der Waals surface area (Å²) in [4.78, 5) is 27.8. The molecule has 0 bridgehead atoms. The number of nitrogens with zero attached hydrogens (tertiary/aromatic N) is 2. The Bertz CT molecular complexity index is 630. The Labute approximate surface area is 149 Å². The maximum Gasteiger partial charge on any atom is 0.325 e. The Morgan fingerprint density at radius 2 is 1.80 bits per heavy atom. The molecule has 0 spiro atoms. The Morgan fingerprint density at radius 3 is 2.32 bits per heavy atom. The minimum absolute atomic E-state index is 0.279. The fourth-order valence-corrected chi connectivity index (χ4v) is 4.28. The molecule has 136 valence electrons. The summed E-state index contributed by atoms with van der Waals surface area (Å²) in [5.41, 5.74) is 3.07. The summed E-state index contributed by atoms with van der Waals surface area (Å²) in [6.45, 7) is 7.30. The summed E-state index contributed by atoms with van der Waals surface area (Å²) in [7, 11) is 0. The van der Waals surface area contributed by atoms with E-state index in [0.717, 1.165) is 62.1 Å². The molecule has 1 atom stereocenters. The lowest BCUT2D eigenvalue weighted by Gasteiger charge is -2.37. The van der Waals surface area contributed by atoms with E-state index in [9.17, 15) is 14.7 Å². The monoisotopic (exact) mass is 344 g/mol. The quantitative estimate of drug-likeness (QED) is 0.892. The van der Waals surface area contributed by atoms with Gasteiger partial charge >= 0.3 is 5.97 Å². The van der Waals surface area contributed by atoms with Crippen molar-refractivity contribution in [2.45, 2.75) is 45.6 Å². The van der Waals surface area contributed by atoms with E-state index < -0.39 is 12.0 Å². The van der Waals surface area contributed by atoms with Crippen LogP contribution in [0, 0.1) is 19.8 Å². The maximum absolute atomic E-state index is 11.9. The first-order valence-corrected chi connectivity index (χ1v) is 9.27. The van der Waals surface area contributed by atoms with Crippen LogP contribution in [0.4, 0.5) is 0 Å². The predicted molar refractivity (Wildman–Crippen MR) is 96.4 cm³/mol. The fourth-order valence-electron chi connectivity index (χ4n) is 4.28. The van der Waals surface area contributed by atoms with E-state index >= 15 is 0 Å². The van der Waals surface area contributed by atoms with Crippen LogP contribution in [0.15, 0.2) is 18.2 Å². The first-order valence-electron chi connectivity index (χ1n) is 9.27. The van der Waals surface area contributed by atoms with Crippen LogP contribution in [-0.2, 0) is 9.59 Å². The number of aryl methyl sites for hydroxylation is 2. The van der Waals surface area contributed by atoms with Crippen LogP contribution >= 0.6 is 0 Å². The summed E-state index contributed by atoms with van der Waals surface area (Å²) >= 11 is 0. The predicted octanol–water partition coefficient (Wildman–Crippen LogP) is 2.76. The number of amides is 1. The summed E-state index contributed by atoms with van der Waals surface area (Å²) in [5, 5.41) is 9.80. The second-order valence-corrected chi connectivity index (χ2v) is 7.58. The molecule has 2 fully saturated rings. The molecule has 0 saturated carbocycles. The minimum Gasteiger partial charge on any atom is -0.480 e. The number of carboxylic acids is 1. The van der Waals surface area contributed by atoms with Gasteiger partial charge in [-0.15, -0.1) is 0 Å². The molecule has 2 aliphatic heterocycles. The van der Waals surface area contributed by atoms with Crippen LogP contribution in [0.5, 0.6) is 0 Å². The zero-order valence-corrected chi connectivity index (χ0v) is 15.2. The third-order valence-electron chi connectivity index (χ3n) is 5.46. The number of piperidine rings is 1. The Kier molecular flexibility index (Phi) is 5.42. The lowest BCUT2D eigenvalue weighted by molar-refractivity contribution is -0.144. The molecule has 0 aliphatic carbocycles. The smallest absolute Gasteiger partial charge is 0.325 e. The van der Waals surface area contributed by atoms with Gasteiger partial charge in [0.15, 0.2) is 0 Å². The molecule has 2 saturated heterocycles. The van der Waals surface area contributed by atoms with Gasteiger partial charge < -0.3 is 10.0 Å². The van der Waals surface area contributed by atoms with Gasteiger partial charge in [-0.1, -0.05) is 29.3 Å². The van der Waals surface area contributed by atoms with Crippen molar-refractivity contribution >= 4 is 11.9 Å². The van der Waals surface area contributed by atoms with Gasteiger partial charge in [-0.2, -0.15) is 0 Å². The fraction of sp³-hybridized carbons (Fsp3) is 0.600. The van der Waals surface area contributed by atoms with Crippen molar-refractivity contribution in [1.82, 2.24) is 9.80 Å². The number of benzene rings is 1. The molecule has 3 rings (SSSR count). The SMILES string of the molecule is Cc1cc(C)cc(C(C(=O)O)N2CCC(CN3CCCC3=O)CC2)c1. The summed E-state index contributed by atoms with van der Waals surface area (Å²) < 4.78 is 0. The molecular weight excluding hydrogens is 316 g/mol. The first-order chi connectivity index (χ1) is 11.9. The van der Waals surface area contributed by atoms with Gasteiger partial charge in [0.05, 0.1) is 0 Å². The van der Waals surface area contributed by atoms with E-state index in [1.807, 2.05) is 30.9 Å². The van der Waals surface area contributed by atoms with Crippen molar-refractivity contribution < 1.29 is 14.7 Å². The van der Waals surface area contributed by atoms with Crippen LogP contribution in [0.1, 0.15) is 48.4 Å². The van der Waals surface area contributed by atoms with Crippen LogP contribution in [0.25, 0.3) is 0 Å². The molecule has 0 aromatic heterocycles. The molecule has 5 heteroatoms. The van der Waals surface area contributed by atoms with Gasteiger partial charge in [0.1, 0.15) is 6.04 Å². The Morgan fingerprint density at radius 1 is 1.16 bits per heavy atom. The highest BCUT2D eigenvalue weighted by Crippen LogP contribution is 2.29. The summed E-state index contributed by atoms with van der Waals surface area (Å²) in [5.74, 6) is -0.00811. The molecule has 0 radical (unpaired) electrons. The average molecular weight is 344 g/mol. The molecular formula is C20H28N2O3. The molecule has 2 aliphatic rings. The molecule has 1 aromatic carbocycles. The van der Waals surface area contributed by atoms with Gasteiger partial charge in [-0.05, 0) is 57.7 Å².